The summed E-state index contributed by atoms with van der Waals surface area (Å²) in [6, 6.07) is 4.45. The first kappa shape index (κ1) is 12.3. The van der Waals surface area contributed by atoms with Gasteiger partial charge in [0.1, 0.15) is 11.2 Å². The Labute approximate surface area is 103 Å². The molecule has 4 N–H and O–H groups in total. The predicted octanol–water partition coefficient (Wildman–Crippen LogP) is 1.60. The van der Waals surface area contributed by atoms with E-state index < -0.39 is 5.41 Å². The van der Waals surface area contributed by atoms with Crippen molar-refractivity contribution in [3.8, 4) is 0 Å². The number of hydrogen-bond donors (Lipinski definition) is 3. The molecule has 0 aliphatic heterocycles. The molecule has 0 heterocycles. The summed E-state index contributed by atoms with van der Waals surface area (Å²) in [6.45, 7) is 1.58. The summed E-state index contributed by atoms with van der Waals surface area (Å²) in [5.74, 6) is -0.859. The molecule has 0 aromatic heterocycles. The van der Waals surface area contributed by atoms with Crippen molar-refractivity contribution in [1.82, 2.24) is 0 Å². The van der Waals surface area contributed by atoms with Gasteiger partial charge in [0.15, 0.2) is 5.84 Å². The van der Waals surface area contributed by atoms with Crippen LogP contribution in [-0.2, 0) is 4.79 Å². The van der Waals surface area contributed by atoms with E-state index in [1.807, 2.05) is 0 Å². The summed E-state index contributed by atoms with van der Waals surface area (Å²) in [7, 11) is 0. The molecule has 0 atom stereocenters. The Kier molecular flexibility index (Phi) is 2.94. The zero-order chi connectivity index (χ0) is 13.3. The first-order chi connectivity index (χ1) is 8.51. The third kappa shape index (κ3) is 1.90. The fourth-order valence-corrected chi connectivity index (χ4v) is 1.81. The summed E-state index contributed by atoms with van der Waals surface area (Å²) in [5, 5.41) is 14.2. The number of nitrogens with zero attached hydrogens (tertiary/aromatic N) is 1. The molecule has 0 saturated heterocycles. The van der Waals surface area contributed by atoms with Crippen LogP contribution >= 0.6 is 0 Å². The van der Waals surface area contributed by atoms with E-state index in [1.54, 1.807) is 13.0 Å². The number of nitrogens with one attached hydrogen (secondary N) is 1. The van der Waals surface area contributed by atoms with Gasteiger partial charge in [0.25, 0.3) is 0 Å². The van der Waals surface area contributed by atoms with Crippen LogP contribution < -0.4 is 11.1 Å². The van der Waals surface area contributed by atoms with Crippen molar-refractivity contribution in [1.29, 1.82) is 0 Å². The summed E-state index contributed by atoms with van der Waals surface area (Å²) in [4.78, 5) is 12.1. The Hall–Kier alpha value is -2.11. The molecule has 1 saturated carbocycles. The lowest BCUT2D eigenvalue weighted by atomic mass is 10.0. The van der Waals surface area contributed by atoms with Gasteiger partial charge in [-0.05, 0) is 31.9 Å². The van der Waals surface area contributed by atoms with Crippen LogP contribution in [0.1, 0.15) is 18.4 Å². The largest absolute Gasteiger partial charge is 0.409 e. The molecule has 0 spiro atoms. The van der Waals surface area contributed by atoms with Crippen LogP contribution in [0.4, 0.5) is 10.1 Å². The van der Waals surface area contributed by atoms with Crippen molar-refractivity contribution in [3.05, 3.63) is 29.6 Å². The van der Waals surface area contributed by atoms with Crippen molar-refractivity contribution >= 4 is 17.4 Å². The van der Waals surface area contributed by atoms with Crippen LogP contribution in [0.25, 0.3) is 0 Å². The number of anilines is 1. The van der Waals surface area contributed by atoms with Crippen LogP contribution in [-0.4, -0.2) is 17.0 Å². The van der Waals surface area contributed by atoms with Crippen LogP contribution in [0.2, 0.25) is 0 Å². The minimum absolute atomic E-state index is 0.103. The van der Waals surface area contributed by atoms with E-state index in [9.17, 15) is 9.18 Å². The number of amidine groups is 1. The molecule has 1 aromatic rings. The van der Waals surface area contributed by atoms with Crippen molar-refractivity contribution in [2.45, 2.75) is 19.8 Å². The van der Waals surface area contributed by atoms with E-state index in [0.717, 1.165) is 0 Å². The minimum atomic E-state index is -0.937. The Morgan fingerprint density at radius 3 is 2.78 bits per heavy atom. The van der Waals surface area contributed by atoms with Crippen molar-refractivity contribution in [3.63, 3.8) is 0 Å². The molecule has 6 heteroatoms. The first-order valence-electron chi connectivity index (χ1n) is 5.56. The monoisotopic (exact) mass is 251 g/mol. The number of rotatable bonds is 3. The number of hydrogen-bond acceptors (Lipinski definition) is 3. The van der Waals surface area contributed by atoms with E-state index in [0.29, 0.717) is 24.1 Å². The van der Waals surface area contributed by atoms with Gasteiger partial charge in [0.2, 0.25) is 5.91 Å². The molecule has 1 amide bonds. The van der Waals surface area contributed by atoms with Gasteiger partial charge in [-0.1, -0.05) is 11.2 Å². The second-order valence-electron chi connectivity index (χ2n) is 4.43. The highest BCUT2D eigenvalue weighted by Gasteiger charge is 2.54. The van der Waals surface area contributed by atoms with Crippen molar-refractivity contribution in [2.24, 2.45) is 16.3 Å². The van der Waals surface area contributed by atoms with Crippen LogP contribution in [0.3, 0.4) is 0 Å². The minimum Gasteiger partial charge on any atom is -0.409 e. The summed E-state index contributed by atoms with van der Waals surface area (Å²) in [5.41, 5.74) is 5.33. The zero-order valence-corrected chi connectivity index (χ0v) is 9.90. The third-order valence-electron chi connectivity index (χ3n) is 3.30. The van der Waals surface area contributed by atoms with Gasteiger partial charge in [0, 0.05) is 11.3 Å². The highest BCUT2D eigenvalue weighted by molar-refractivity contribution is 6.14. The second-order valence-corrected chi connectivity index (χ2v) is 4.43. The Balaban J connectivity index is 2.20. The number of carbonyl (C=O) groups excluding carboxylic acids is 1. The fourth-order valence-electron chi connectivity index (χ4n) is 1.81. The predicted molar refractivity (Wildman–Crippen MR) is 64.8 cm³/mol. The van der Waals surface area contributed by atoms with Crippen molar-refractivity contribution in [2.75, 3.05) is 5.32 Å². The van der Waals surface area contributed by atoms with Gasteiger partial charge in [0.05, 0.1) is 0 Å². The van der Waals surface area contributed by atoms with E-state index in [2.05, 4.69) is 10.5 Å². The van der Waals surface area contributed by atoms with Crippen LogP contribution in [0.15, 0.2) is 23.4 Å². The van der Waals surface area contributed by atoms with Gasteiger partial charge in [-0.3, -0.25) is 4.79 Å². The number of amides is 1. The van der Waals surface area contributed by atoms with Gasteiger partial charge in [-0.25, -0.2) is 4.39 Å². The average molecular weight is 251 g/mol. The maximum Gasteiger partial charge on any atom is 0.238 e. The molecule has 96 valence electrons. The van der Waals surface area contributed by atoms with Crippen molar-refractivity contribution < 1.29 is 14.4 Å². The fraction of sp³-hybridized carbons (Fsp3) is 0.333. The molecule has 1 fully saturated rings. The smallest absolute Gasteiger partial charge is 0.238 e. The average Bonchev–Trinajstić information content (AvgIpc) is 3.15. The molecule has 1 aromatic carbocycles. The van der Waals surface area contributed by atoms with Gasteiger partial charge < -0.3 is 16.3 Å². The Bertz CT molecular complexity index is 524. The normalized spacial score (nSPS) is 17.3. The molecule has 0 bridgehead atoms. The molecule has 18 heavy (non-hydrogen) atoms. The molecular formula is C12H14FN3O2. The maximum atomic E-state index is 13.3. The number of oxime groups is 1. The first-order valence-corrected chi connectivity index (χ1v) is 5.56. The lowest BCUT2D eigenvalue weighted by Crippen LogP contribution is -2.36. The van der Waals surface area contributed by atoms with E-state index in [4.69, 9.17) is 10.9 Å². The Morgan fingerprint density at radius 1 is 1.56 bits per heavy atom. The molecular weight excluding hydrogens is 237 g/mol. The topological polar surface area (TPSA) is 87.7 Å². The van der Waals surface area contributed by atoms with E-state index in [-0.39, 0.29) is 17.6 Å². The quantitative estimate of drug-likeness (QED) is 0.330. The van der Waals surface area contributed by atoms with Gasteiger partial charge in [-0.2, -0.15) is 0 Å². The van der Waals surface area contributed by atoms with E-state index in [1.165, 1.54) is 12.1 Å². The molecule has 0 radical (unpaired) electrons. The lowest BCUT2D eigenvalue weighted by Gasteiger charge is -2.15. The Morgan fingerprint density at radius 2 is 2.22 bits per heavy atom. The summed E-state index contributed by atoms with van der Waals surface area (Å²) < 4.78 is 13.3. The molecule has 0 unspecified atom stereocenters. The highest BCUT2D eigenvalue weighted by Crippen LogP contribution is 2.46. The number of carbonyl (C=O) groups is 1. The number of halogens is 1. The number of nitrogens with two attached hydrogens (primary N) is 1. The SMILES string of the molecule is Cc1c(F)cccc1NC(=O)C1(/C(N)=N/O)CC1. The van der Waals surface area contributed by atoms with Crippen LogP contribution in [0, 0.1) is 18.2 Å². The summed E-state index contributed by atoms with van der Waals surface area (Å²) in [6.07, 6.45) is 1.06. The third-order valence-corrected chi connectivity index (χ3v) is 3.30. The zero-order valence-electron chi connectivity index (χ0n) is 9.90. The number of benzene rings is 1. The maximum absolute atomic E-state index is 13.3. The molecule has 1 aliphatic rings. The van der Waals surface area contributed by atoms with Gasteiger partial charge >= 0.3 is 0 Å². The van der Waals surface area contributed by atoms with Gasteiger partial charge in [-0.15, -0.1) is 0 Å². The molecule has 1 aliphatic carbocycles. The van der Waals surface area contributed by atoms with E-state index >= 15 is 0 Å². The lowest BCUT2D eigenvalue weighted by molar-refractivity contribution is -0.119. The van der Waals surface area contributed by atoms with Crippen LogP contribution in [0.5, 0.6) is 0 Å². The molecule has 2 rings (SSSR count). The summed E-state index contributed by atoms with van der Waals surface area (Å²) >= 11 is 0. The second kappa shape index (κ2) is 4.29. The standard InChI is InChI=1S/C12H14FN3O2/c1-7-8(13)3-2-4-9(7)15-11(17)12(5-6-12)10(14)16-18/h2-4,18H,5-6H2,1H3,(H2,14,16)(H,15,17). The highest BCUT2D eigenvalue weighted by atomic mass is 19.1. The molecule has 5 nitrogen and oxygen atoms in total.